The molecule has 3 rings (SSSR count). The number of morpholine rings is 1. The van der Waals surface area contributed by atoms with Crippen molar-refractivity contribution in [3.63, 3.8) is 0 Å². The lowest BCUT2D eigenvalue weighted by Gasteiger charge is -2.36. The maximum atomic E-state index is 12.6. The van der Waals surface area contributed by atoms with E-state index >= 15 is 0 Å². The summed E-state index contributed by atoms with van der Waals surface area (Å²) in [5.41, 5.74) is 1.09. The van der Waals surface area contributed by atoms with Crippen molar-refractivity contribution in [2.45, 2.75) is 12.5 Å². The van der Waals surface area contributed by atoms with Crippen molar-refractivity contribution in [2.24, 2.45) is 0 Å². The number of aliphatic hydroxyl groups is 1. The highest BCUT2D eigenvalue weighted by Gasteiger charge is 2.29. The summed E-state index contributed by atoms with van der Waals surface area (Å²) >= 11 is 0. The highest BCUT2D eigenvalue weighted by atomic mass is 16.6. The summed E-state index contributed by atoms with van der Waals surface area (Å²) in [5, 5.41) is 20.9. The number of carbonyl (C=O) groups excluding carboxylic acids is 1. The monoisotopic (exact) mass is 356 g/mol. The average molecular weight is 356 g/mol. The van der Waals surface area contributed by atoms with Gasteiger partial charge in [0.1, 0.15) is 5.69 Å². The smallest absolute Gasteiger partial charge is 0.293 e. The first-order chi connectivity index (χ1) is 12.6. The number of nitro groups is 1. The van der Waals surface area contributed by atoms with E-state index in [1.165, 1.54) is 6.07 Å². The first-order valence-electron chi connectivity index (χ1n) is 8.45. The topological polar surface area (TPSA) is 92.9 Å². The van der Waals surface area contributed by atoms with Crippen LogP contribution in [0.25, 0.3) is 0 Å². The number of carbonyl (C=O) groups is 1. The summed E-state index contributed by atoms with van der Waals surface area (Å²) in [7, 11) is 0. The molecule has 0 amide bonds. The van der Waals surface area contributed by atoms with E-state index in [9.17, 15) is 20.0 Å². The fourth-order valence-corrected chi connectivity index (χ4v) is 3.17. The fraction of sp³-hybridized carbons (Fsp3) is 0.316. The minimum absolute atomic E-state index is 0.0249. The lowest BCUT2D eigenvalue weighted by atomic mass is 10.0. The second kappa shape index (κ2) is 8.07. The van der Waals surface area contributed by atoms with Crippen LogP contribution in [0.3, 0.4) is 0 Å². The van der Waals surface area contributed by atoms with Gasteiger partial charge in [-0.15, -0.1) is 0 Å². The van der Waals surface area contributed by atoms with E-state index in [1.807, 2.05) is 11.0 Å². The highest BCUT2D eigenvalue weighted by Crippen LogP contribution is 2.33. The van der Waals surface area contributed by atoms with Crippen LogP contribution in [-0.4, -0.2) is 48.2 Å². The van der Waals surface area contributed by atoms with Gasteiger partial charge < -0.3 is 14.7 Å². The summed E-state index contributed by atoms with van der Waals surface area (Å²) < 4.78 is 5.43. The summed E-state index contributed by atoms with van der Waals surface area (Å²) in [5.74, 6) is -0.255. The lowest BCUT2D eigenvalue weighted by Crippen LogP contribution is -2.46. The summed E-state index contributed by atoms with van der Waals surface area (Å²) in [4.78, 5) is 25.6. The molecular formula is C19H20N2O5. The Hall–Kier alpha value is -2.77. The van der Waals surface area contributed by atoms with Gasteiger partial charge in [-0.05, 0) is 18.6 Å². The Morgan fingerprint density at radius 2 is 2.00 bits per heavy atom. The fourth-order valence-electron chi connectivity index (χ4n) is 3.17. The molecule has 1 aliphatic rings. The van der Waals surface area contributed by atoms with Gasteiger partial charge >= 0.3 is 0 Å². The van der Waals surface area contributed by atoms with Crippen molar-refractivity contribution >= 4 is 17.2 Å². The number of hydrogen-bond acceptors (Lipinski definition) is 6. The molecular weight excluding hydrogens is 336 g/mol. The molecule has 1 unspecified atom stereocenters. The maximum absolute atomic E-state index is 12.6. The number of hydrogen-bond donors (Lipinski definition) is 1. The average Bonchev–Trinajstić information content (AvgIpc) is 2.68. The Bertz CT molecular complexity index is 792. The van der Waals surface area contributed by atoms with E-state index in [2.05, 4.69) is 0 Å². The van der Waals surface area contributed by atoms with Crippen LogP contribution in [0.4, 0.5) is 11.4 Å². The largest absolute Gasteiger partial charge is 0.396 e. The van der Waals surface area contributed by atoms with E-state index in [0.717, 1.165) is 0 Å². The van der Waals surface area contributed by atoms with Crippen molar-refractivity contribution in [1.82, 2.24) is 0 Å². The number of benzene rings is 2. The van der Waals surface area contributed by atoms with E-state index in [1.54, 1.807) is 36.4 Å². The highest BCUT2D eigenvalue weighted by molar-refractivity contribution is 6.09. The van der Waals surface area contributed by atoms with Crippen LogP contribution in [0, 0.1) is 10.1 Å². The van der Waals surface area contributed by atoms with Gasteiger partial charge in [0.15, 0.2) is 5.78 Å². The summed E-state index contributed by atoms with van der Waals surface area (Å²) in [6, 6.07) is 13.1. The van der Waals surface area contributed by atoms with Crippen LogP contribution >= 0.6 is 0 Å². The summed E-state index contributed by atoms with van der Waals surface area (Å²) in [6.07, 6.45) is 0.460. The van der Waals surface area contributed by atoms with Crippen LogP contribution in [0.15, 0.2) is 48.5 Å². The quantitative estimate of drug-likeness (QED) is 0.485. The Balaban J connectivity index is 1.97. The van der Waals surface area contributed by atoms with Crippen LogP contribution in [0.1, 0.15) is 22.3 Å². The summed E-state index contributed by atoms with van der Waals surface area (Å²) in [6.45, 7) is 1.34. The van der Waals surface area contributed by atoms with Crippen molar-refractivity contribution in [2.75, 3.05) is 31.3 Å². The number of rotatable bonds is 6. The second-order valence-corrected chi connectivity index (χ2v) is 6.09. The van der Waals surface area contributed by atoms with Crippen molar-refractivity contribution in [1.29, 1.82) is 0 Å². The van der Waals surface area contributed by atoms with Gasteiger partial charge in [0.2, 0.25) is 0 Å². The molecule has 26 heavy (non-hydrogen) atoms. The van der Waals surface area contributed by atoms with Crippen LogP contribution in [-0.2, 0) is 4.74 Å². The first-order valence-corrected chi connectivity index (χ1v) is 8.45. The zero-order valence-electron chi connectivity index (χ0n) is 14.2. The molecule has 1 fully saturated rings. The van der Waals surface area contributed by atoms with Gasteiger partial charge in [-0.3, -0.25) is 14.9 Å². The third kappa shape index (κ3) is 3.74. The van der Waals surface area contributed by atoms with E-state index < -0.39 is 4.92 Å². The number of nitrogens with zero attached hydrogens (tertiary/aromatic N) is 2. The molecule has 7 nitrogen and oxygen atoms in total. The zero-order valence-corrected chi connectivity index (χ0v) is 14.2. The molecule has 1 saturated heterocycles. The third-order valence-corrected chi connectivity index (χ3v) is 4.47. The number of ether oxygens (including phenoxy) is 1. The molecule has 2 aromatic rings. The van der Waals surface area contributed by atoms with Crippen LogP contribution < -0.4 is 4.90 Å². The Labute approximate surface area is 151 Å². The third-order valence-electron chi connectivity index (χ3n) is 4.47. The van der Waals surface area contributed by atoms with Gasteiger partial charge in [0, 0.05) is 30.3 Å². The predicted molar refractivity (Wildman–Crippen MR) is 96.6 cm³/mol. The molecule has 1 atom stereocenters. The van der Waals surface area contributed by atoms with E-state index in [0.29, 0.717) is 37.4 Å². The number of aliphatic hydroxyl groups excluding tert-OH is 1. The molecule has 1 N–H and O–H groups in total. The first kappa shape index (κ1) is 18.0. The minimum atomic E-state index is -0.470. The van der Waals surface area contributed by atoms with Crippen LogP contribution in [0.2, 0.25) is 0 Å². The van der Waals surface area contributed by atoms with Gasteiger partial charge in [0.05, 0.1) is 24.2 Å². The van der Waals surface area contributed by atoms with Crippen molar-refractivity contribution in [3.05, 3.63) is 69.8 Å². The van der Waals surface area contributed by atoms with E-state index in [4.69, 9.17) is 4.74 Å². The number of anilines is 1. The molecule has 1 heterocycles. The predicted octanol–water partition coefficient (Wildman–Crippen LogP) is 2.41. The molecule has 1 aliphatic heterocycles. The Morgan fingerprint density at radius 1 is 1.23 bits per heavy atom. The molecule has 0 radical (unpaired) electrons. The maximum Gasteiger partial charge on any atom is 0.293 e. The molecule has 0 spiro atoms. The molecule has 2 aromatic carbocycles. The van der Waals surface area contributed by atoms with Gasteiger partial charge in [0.25, 0.3) is 5.69 Å². The normalized spacial score (nSPS) is 17.1. The molecule has 0 saturated carbocycles. The number of ketones is 1. The molecule has 136 valence electrons. The van der Waals surface area contributed by atoms with Gasteiger partial charge in [-0.1, -0.05) is 30.3 Å². The lowest BCUT2D eigenvalue weighted by molar-refractivity contribution is -0.384. The van der Waals surface area contributed by atoms with Gasteiger partial charge in [-0.25, -0.2) is 0 Å². The number of nitro benzene ring substituents is 1. The molecule has 0 aromatic heterocycles. The minimum Gasteiger partial charge on any atom is -0.396 e. The SMILES string of the molecule is O=C(c1ccccc1)c1ccc(N2CCOCC2CCO)c([N+](=O)[O-])c1. The molecule has 0 bridgehead atoms. The van der Waals surface area contributed by atoms with Crippen molar-refractivity contribution in [3.8, 4) is 0 Å². The Morgan fingerprint density at radius 3 is 2.69 bits per heavy atom. The van der Waals surface area contributed by atoms with Crippen molar-refractivity contribution < 1.29 is 19.6 Å². The Kier molecular flexibility index (Phi) is 5.60. The molecule has 0 aliphatic carbocycles. The zero-order chi connectivity index (χ0) is 18.5. The van der Waals surface area contributed by atoms with E-state index in [-0.39, 0.29) is 29.7 Å². The standard InChI is InChI=1S/C19H20N2O5/c22-10-8-16-13-26-11-9-20(16)17-7-6-15(12-18(17)21(24)25)19(23)14-4-2-1-3-5-14/h1-7,12,16,22H,8-11,13H2. The van der Waals surface area contributed by atoms with Crippen LogP contribution in [0.5, 0.6) is 0 Å². The second-order valence-electron chi connectivity index (χ2n) is 6.09. The van der Waals surface area contributed by atoms with Gasteiger partial charge in [-0.2, -0.15) is 0 Å². The molecule has 7 heteroatoms.